The number of H-pyrrole nitrogens is 2. The highest BCUT2D eigenvalue weighted by Crippen LogP contribution is 2.42. The number of fused-ring (bicyclic) bond motifs is 2. The summed E-state index contributed by atoms with van der Waals surface area (Å²) < 4.78 is 0. The zero-order valence-corrected chi connectivity index (χ0v) is 18.1. The zero-order valence-electron chi connectivity index (χ0n) is 18.1. The Balaban J connectivity index is 1.82. The molecular weight excluding hydrogens is 364 g/mol. The molecule has 2 heterocycles. The van der Waals surface area contributed by atoms with Crippen LogP contribution >= 0.6 is 0 Å². The largest absolute Gasteiger partial charge is 0.358 e. The van der Waals surface area contributed by atoms with Crippen LogP contribution in [-0.2, 0) is 0 Å². The number of para-hydroxylation sites is 2. The first-order chi connectivity index (χ1) is 14.5. The highest BCUT2D eigenvalue weighted by molar-refractivity contribution is 5.90. The van der Waals surface area contributed by atoms with Crippen molar-refractivity contribution in [3.05, 3.63) is 106 Å². The molecule has 0 amide bonds. The van der Waals surface area contributed by atoms with Crippen LogP contribution in [0.2, 0.25) is 0 Å². The van der Waals surface area contributed by atoms with Gasteiger partial charge in [0.1, 0.15) is 0 Å². The Morgan fingerprint density at radius 2 is 1.00 bits per heavy atom. The van der Waals surface area contributed by atoms with E-state index in [2.05, 4.69) is 110 Å². The molecule has 0 radical (unpaired) electrons. The Kier molecular flexibility index (Phi) is 4.51. The number of aromatic amines is 2. The number of hydrogen-bond donors (Lipinski definition) is 2. The molecule has 2 aromatic heterocycles. The maximum atomic E-state index is 3.63. The molecule has 0 atom stereocenters. The van der Waals surface area contributed by atoms with Crippen molar-refractivity contribution >= 4 is 21.8 Å². The van der Waals surface area contributed by atoms with E-state index in [1.807, 2.05) is 0 Å². The van der Waals surface area contributed by atoms with E-state index in [0.29, 0.717) is 5.92 Å². The summed E-state index contributed by atoms with van der Waals surface area (Å²) in [6, 6.07) is 26.5. The molecule has 30 heavy (non-hydrogen) atoms. The van der Waals surface area contributed by atoms with Gasteiger partial charge in [-0.25, -0.2) is 0 Å². The van der Waals surface area contributed by atoms with Gasteiger partial charge < -0.3 is 9.97 Å². The van der Waals surface area contributed by atoms with Crippen molar-refractivity contribution in [2.75, 3.05) is 0 Å². The van der Waals surface area contributed by atoms with E-state index >= 15 is 0 Å². The summed E-state index contributed by atoms with van der Waals surface area (Å²) in [6.45, 7) is 8.91. The predicted octanol–water partition coefficient (Wildman–Crippen LogP) is 7.57. The SMILES string of the molecule is Cc1[nH]c2ccccc2c1C(c1ccc(C(C)C)cc1)c1c(C)[nH]c2ccccc12. The van der Waals surface area contributed by atoms with Gasteiger partial charge in [0.25, 0.3) is 0 Å². The molecule has 2 N–H and O–H groups in total. The molecule has 0 saturated heterocycles. The van der Waals surface area contributed by atoms with Crippen LogP contribution in [0.3, 0.4) is 0 Å². The minimum Gasteiger partial charge on any atom is -0.358 e. The summed E-state index contributed by atoms with van der Waals surface area (Å²) in [4.78, 5) is 7.25. The molecule has 0 bridgehead atoms. The van der Waals surface area contributed by atoms with Gasteiger partial charge in [0.05, 0.1) is 0 Å². The quantitative estimate of drug-likeness (QED) is 0.316. The van der Waals surface area contributed by atoms with Crippen LogP contribution in [0.5, 0.6) is 0 Å². The fourth-order valence-electron chi connectivity index (χ4n) is 4.89. The topological polar surface area (TPSA) is 31.6 Å². The van der Waals surface area contributed by atoms with Gasteiger partial charge in [0, 0.05) is 39.1 Å². The van der Waals surface area contributed by atoms with Gasteiger partial charge in [-0.05, 0) is 54.2 Å². The standard InChI is InChI=1S/C28H28N2/c1-17(2)20-13-15-21(16-14-20)28(26-18(3)29-24-11-7-5-9-22(24)26)27-19(4)30-25-12-8-6-10-23(25)27/h5-17,28-30H,1-4H3. The predicted molar refractivity (Wildman–Crippen MR) is 128 cm³/mol. The van der Waals surface area contributed by atoms with E-state index in [-0.39, 0.29) is 5.92 Å². The van der Waals surface area contributed by atoms with Gasteiger partial charge in [-0.1, -0.05) is 74.5 Å². The van der Waals surface area contributed by atoms with Crippen LogP contribution < -0.4 is 0 Å². The van der Waals surface area contributed by atoms with Crippen LogP contribution in [0, 0.1) is 13.8 Å². The van der Waals surface area contributed by atoms with Crippen molar-refractivity contribution in [2.45, 2.75) is 39.5 Å². The third-order valence-corrected chi connectivity index (χ3v) is 6.40. The molecule has 0 saturated carbocycles. The average molecular weight is 393 g/mol. The van der Waals surface area contributed by atoms with Crippen LogP contribution in [0.15, 0.2) is 72.8 Å². The fourth-order valence-corrected chi connectivity index (χ4v) is 4.89. The summed E-state index contributed by atoms with van der Waals surface area (Å²) in [7, 11) is 0. The summed E-state index contributed by atoms with van der Waals surface area (Å²) in [5.74, 6) is 0.695. The number of aromatic nitrogens is 2. The molecule has 2 nitrogen and oxygen atoms in total. The minimum absolute atomic E-state index is 0.165. The van der Waals surface area contributed by atoms with Gasteiger partial charge in [-0.3, -0.25) is 0 Å². The van der Waals surface area contributed by atoms with E-state index < -0.39 is 0 Å². The Hall–Kier alpha value is -3.26. The molecule has 2 heteroatoms. The molecule has 0 fully saturated rings. The normalized spacial score (nSPS) is 11.9. The Morgan fingerprint density at radius 3 is 1.47 bits per heavy atom. The molecule has 5 aromatic rings. The number of nitrogens with one attached hydrogen (secondary N) is 2. The number of hydrogen-bond acceptors (Lipinski definition) is 0. The smallest absolute Gasteiger partial charge is 0.0459 e. The van der Waals surface area contributed by atoms with Crippen LogP contribution in [0.1, 0.15) is 59.3 Å². The lowest BCUT2D eigenvalue weighted by molar-refractivity contribution is 0.862. The van der Waals surface area contributed by atoms with Crippen molar-refractivity contribution < 1.29 is 0 Å². The Bertz CT molecular complexity index is 1250. The zero-order chi connectivity index (χ0) is 20.8. The van der Waals surface area contributed by atoms with Gasteiger partial charge in [0.2, 0.25) is 0 Å². The van der Waals surface area contributed by atoms with E-state index in [9.17, 15) is 0 Å². The maximum Gasteiger partial charge on any atom is 0.0459 e. The van der Waals surface area contributed by atoms with Gasteiger partial charge in [-0.2, -0.15) is 0 Å². The lowest BCUT2D eigenvalue weighted by Crippen LogP contribution is -2.06. The first-order valence-electron chi connectivity index (χ1n) is 10.8. The number of benzene rings is 3. The summed E-state index contributed by atoms with van der Waals surface area (Å²) in [6.07, 6.45) is 0. The van der Waals surface area contributed by atoms with Crippen molar-refractivity contribution in [3.63, 3.8) is 0 Å². The lowest BCUT2D eigenvalue weighted by Gasteiger charge is -2.21. The van der Waals surface area contributed by atoms with Gasteiger partial charge in [-0.15, -0.1) is 0 Å². The molecular formula is C28H28N2. The van der Waals surface area contributed by atoms with Crippen molar-refractivity contribution in [1.29, 1.82) is 0 Å². The number of aryl methyl sites for hydroxylation is 2. The van der Waals surface area contributed by atoms with E-state index in [1.54, 1.807) is 0 Å². The van der Waals surface area contributed by atoms with E-state index in [0.717, 1.165) is 0 Å². The third kappa shape index (κ3) is 2.95. The molecule has 0 aliphatic heterocycles. The maximum absolute atomic E-state index is 3.63. The third-order valence-electron chi connectivity index (χ3n) is 6.40. The highest BCUT2D eigenvalue weighted by atomic mass is 14.7. The van der Waals surface area contributed by atoms with E-state index in [1.165, 1.54) is 55.4 Å². The van der Waals surface area contributed by atoms with Crippen molar-refractivity contribution in [1.82, 2.24) is 9.97 Å². The summed E-state index contributed by atoms with van der Waals surface area (Å²) >= 11 is 0. The first kappa shape index (κ1) is 18.7. The monoisotopic (exact) mass is 392 g/mol. The van der Waals surface area contributed by atoms with Crippen LogP contribution in [-0.4, -0.2) is 9.97 Å². The van der Waals surface area contributed by atoms with Crippen LogP contribution in [0.25, 0.3) is 21.8 Å². The molecule has 0 unspecified atom stereocenters. The second-order valence-electron chi connectivity index (χ2n) is 8.67. The summed E-state index contributed by atoms with van der Waals surface area (Å²) in [5, 5.41) is 2.61. The second kappa shape index (κ2) is 7.21. The molecule has 5 rings (SSSR count). The molecule has 0 spiro atoms. The molecule has 0 aliphatic rings. The summed E-state index contributed by atoms with van der Waals surface area (Å²) in [5.41, 5.74) is 10.3. The fraction of sp³-hybridized carbons (Fsp3) is 0.214. The molecule has 3 aromatic carbocycles. The second-order valence-corrected chi connectivity index (χ2v) is 8.67. The van der Waals surface area contributed by atoms with Crippen LogP contribution in [0.4, 0.5) is 0 Å². The first-order valence-corrected chi connectivity index (χ1v) is 10.8. The van der Waals surface area contributed by atoms with E-state index in [4.69, 9.17) is 0 Å². The average Bonchev–Trinajstić information content (AvgIpc) is 3.25. The van der Waals surface area contributed by atoms with Crippen molar-refractivity contribution in [2.24, 2.45) is 0 Å². The lowest BCUT2D eigenvalue weighted by atomic mass is 9.81. The van der Waals surface area contributed by atoms with Gasteiger partial charge in [0.15, 0.2) is 0 Å². The Morgan fingerprint density at radius 1 is 0.567 bits per heavy atom. The number of rotatable bonds is 4. The molecule has 150 valence electrons. The minimum atomic E-state index is 0.165. The highest BCUT2D eigenvalue weighted by Gasteiger charge is 2.27. The Labute approximate surface area is 178 Å². The van der Waals surface area contributed by atoms with Crippen molar-refractivity contribution in [3.8, 4) is 0 Å². The molecule has 0 aliphatic carbocycles. The van der Waals surface area contributed by atoms with Gasteiger partial charge >= 0.3 is 0 Å².